The molecule has 1 fully saturated rings. The molecule has 0 bridgehead atoms. The van der Waals surface area contributed by atoms with Gasteiger partial charge in [-0.1, -0.05) is 24.3 Å². The van der Waals surface area contributed by atoms with Gasteiger partial charge in [0.15, 0.2) is 0 Å². The van der Waals surface area contributed by atoms with E-state index in [1.165, 1.54) is 25.0 Å². The third-order valence-corrected chi connectivity index (χ3v) is 3.97. The van der Waals surface area contributed by atoms with Gasteiger partial charge in [-0.2, -0.15) is 0 Å². The summed E-state index contributed by atoms with van der Waals surface area (Å²) in [6.45, 7) is 2.41. The molecule has 0 spiro atoms. The fourth-order valence-electron chi connectivity index (χ4n) is 2.76. The Kier molecular flexibility index (Phi) is 4.76. The second kappa shape index (κ2) is 7.13. The lowest BCUT2D eigenvalue weighted by molar-refractivity contribution is 0.251. The molecule has 5 heteroatoms. The van der Waals surface area contributed by atoms with E-state index in [2.05, 4.69) is 15.5 Å². The van der Waals surface area contributed by atoms with Crippen molar-refractivity contribution in [1.29, 1.82) is 0 Å². The van der Waals surface area contributed by atoms with E-state index in [1.54, 1.807) is 12.1 Å². The Hall–Kier alpha value is -2.56. The number of carbonyl (C=O) groups is 1. The first-order chi connectivity index (χ1) is 11.2. The predicted octanol–water partition coefficient (Wildman–Crippen LogP) is 3.75. The summed E-state index contributed by atoms with van der Waals surface area (Å²) in [6.07, 6.45) is 2.37. The molecule has 0 atom stereocenters. The van der Waals surface area contributed by atoms with Crippen LogP contribution in [0, 0.1) is 5.82 Å². The summed E-state index contributed by atoms with van der Waals surface area (Å²) in [5.41, 5.74) is 2.72. The summed E-state index contributed by atoms with van der Waals surface area (Å²) in [4.78, 5) is 14.4. The number of para-hydroxylation sites is 2. The first-order valence-corrected chi connectivity index (χ1v) is 7.85. The first-order valence-electron chi connectivity index (χ1n) is 7.85. The van der Waals surface area contributed by atoms with E-state index < -0.39 is 0 Å². The van der Waals surface area contributed by atoms with Crippen molar-refractivity contribution in [3.05, 3.63) is 59.9 Å². The molecule has 0 aromatic heterocycles. The molecule has 1 aliphatic heterocycles. The summed E-state index contributed by atoms with van der Waals surface area (Å²) in [5, 5.41) is 5.70. The third-order valence-electron chi connectivity index (χ3n) is 3.97. The van der Waals surface area contributed by atoms with Crippen LogP contribution in [0.3, 0.4) is 0 Å². The molecule has 2 amide bonds. The van der Waals surface area contributed by atoms with Crippen molar-refractivity contribution in [1.82, 2.24) is 5.32 Å². The van der Waals surface area contributed by atoms with Crippen LogP contribution in [0.15, 0.2) is 48.5 Å². The van der Waals surface area contributed by atoms with E-state index in [0.29, 0.717) is 6.54 Å². The van der Waals surface area contributed by atoms with Gasteiger partial charge in [0.2, 0.25) is 0 Å². The molecule has 23 heavy (non-hydrogen) atoms. The maximum atomic E-state index is 12.9. The topological polar surface area (TPSA) is 44.4 Å². The van der Waals surface area contributed by atoms with Crippen molar-refractivity contribution >= 4 is 17.4 Å². The number of urea groups is 1. The van der Waals surface area contributed by atoms with Crippen molar-refractivity contribution in [3.63, 3.8) is 0 Å². The van der Waals surface area contributed by atoms with Crippen LogP contribution >= 0.6 is 0 Å². The molecule has 2 aromatic rings. The van der Waals surface area contributed by atoms with Crippen LogP contribution in [0.5, 0.6) is 0 Å². The number of benzene rings is 2. The Balaban J connectivity index is 1.60. The summed E-state index contributed by atoms with van der Waals surface area (Å²) in [6, 6.07) is 13.7. The number of halogens is 1. The lowest BCUT2D eigenvalue weighted by Crippen LogP contribution is -2.29. The molecule has 120 valence electrons. The van der Waals surface area contributed by atoms with Crippen LogP contribution in [0.1, 0.15) is 18.4 Å². The Morgan fingerprint density at radius 2 is 1.74 bits per heavy atom. The van der Waals surface area contributed by atoms with Gasteiger partial charge in [0.1, 0.15) is 5.82 Å². The van der Waals surface area contributed by atoms with Crippen LogP contribution in [0.4, 0.5) is 20.6 Å². The second-order valence-electron chi connectivity index (χ2n) is 5.65. The van der Waals surface area contributed by atoms with Crippen LogP contribution < -0.4 is 15.5 Å². The fourth-order valence-corrected chi connectivity index (χ4v) is 2.76. The van der Waals surface area contributed by atoms with Crippen molar-refractivity contribution in [3.8, 4) is 0 Å². The number of carbonyl (C=O) groups excluding carboxylic acids is 1. The van der Waals surface area contributed by atoms with Crippen molar-refractivity contribution in [2.75, 3.05) is 23.3 Å². The predicted molar refractivity (Wildman–Crippen MR) is 90.1 cm³/mol. The molecule has 0 aliphatic carbocycles. The Morgan fingerprint density at radius 1 is 1.04 bits per heavy atom. The lowest BCUT2D eigenvalue weighted by atomic mass is 10.2. The average molecular weight is 313 g/mol. The van der Waals surface area contributed by atoms with E-state index in [1.807, 2.05) is 24.3 Å². The third kappa shape index (κ3) is 4.00. The zero-order valence-electron chi connectivity index (χ0n) is 12.9. The number of hydrogen-bond donors (Lipinski definition) is 2. The van der Waals surface area contributed by atoms with Gasteiger partial charge in [-0.05, 0) is 42.7 Å². The molecular weight excluding hydrogens is 293 g/mol. The molecule has 2 aromatic carbocycles. The van der Waals surface area contributed by atoms with Crippen molar-refractivity contribution in [2.45, 2.75) is 19.4 Å². The van der Waals surface area contributed by atoms with E-state index >= 15 is 0 Å². The summed E-state index contributed by atoms with van der Waals surface area (Å²) < 4.78 is 12.9. The highest BCUT2D eigenvalue weighted by molar-refractivity contribution is 5.93. The number of anilines is 2. The molecule has 3 rings (SSSR count). The number of rotatable bonds is 4. The van der Waals surface area contributed by atoms with E-state index in [-0.39, 0.29) is 11.8 Å². The molecule has 1 saturated heterocycles. The lowest BCUT2D eigenvalue weighted by Gasteiger charge is -2.21. The van der Waals surface area contributed by atoms with Gasteiger partial charge in [-0.3, -0.25) is 0 Å². The normalized spacial score (nSPS) is 13.9. The van der Waals surface area contributed by atoms with Gasteiger partial charge in [0.05, 0.1) is 11.4 Å². The monoisotopic (exact) mass is 313 g/mol. The zero-order valence-corrected chi connectivity index (χ0v) is 12.9. The van der Waals surface area contributed by atoms with Crippen LogP contribution in [0.2, 0.25) is 0 Å². The van der Waals surface area contributed by atoms with E-state index in [9.17, 15) is 9.18 Å². The first kappa shape index (κ1) is 15.3. The van der Waals surface area contributed by atoms with Gasteiger partial charge < -0.3 is 15.5 Å². The number of nitrogens with zero attached hydrogens (tertiary/aromatic N) is 1. The molecule has 4 nitrogen and oxygen atoms in total. The quantitative estimate of drug-likeness (QED) is 0.903. The average Bonchev–Trinajstić information content (AvgIpc) is 3.09. The molecular formula is C18H20FN3O. The molecule has 1 aliphatic rings. The SMILES string of the molecule is O=C(NCc1ccc(F)cc1)Nc1ccccc1N1CCCC1. The Labute approximate surface area is 135 Å². The number of nitrogens with one attached hydrogen (secondary N) is 2. The van der Waals surface area contributed by atoms with Crippen LogP contribution in [-0.4, -0.2) is 19.1 Å². The van der Waals surface area contributed by atoms with Crippen molar-refractivity contribution in [2.24, 2.45) is 0 Å². The number of amides is 2. The van der Waals surface area contributed by atoms with Crippen LogP contribution in [-0.2, 0) is 6.54 Å². The molecule has 0 saturated carbocycles. The highest BCUT2D eigenvalue weighted by Crippen LogP contribution is 2.28. The van der Waals surface area contributed by atoms with Gasteiger partial charge in [-0.15, -0.1) is 0 Å². The molecule has 2 N–H and O–H groups in total. The standard InChI is InChI=1S/C18H20FN3O/c19-15-9-7-14(8-10-15)13-20-18(23)21-16-5-1-2-6-17(16)22-11-3-4-12-22/h1-2,5-10H,3-4,11-13H2,(H2,20,21,23). The largest absolute Gasteiger partial charge is 0.370 e. The van der Waals surface area contributed by atoms with Crippen LogP contribution in [0.25, 0.3) is 0 Å². The van der Waals surface area contributed by atoms with E-state index in [4.69, 9.17) is 0 Å². The second-order valence-corrected chi connectivity index (χ2v) is 5.65. The van der Waals surface area contributed by atoms with Gasteiger partial charge in [-0.25, -0.2) is 9.18 Å². The Morgan fingerprint density at radius 3 is 2.48 bits per heavy atom. The van der Waals surface area contributed by atoms with Crippen molar-refractivity contribution < 1.29 is 9.18 Å². The molecule has 1 heterocycles. The minimum absolute atomic E-state index is 0.263. The maximum absolute atomic E-state index is 12.9. The Bertz CT molecular complexity index is 666. The summed E-state index contributed by atoms with van der Waals surface area (Å²) >= 11 is 0. The fraction of sp³-hybridized carbons (Fsp3) is 0.278. The summed E-state index contributed by atoms with van der Waals surface area (Å²) in [5.74, 6) is -0.280. The van der Waals surface area contributed by atoms with Gasteiger partial charge in [0.25, 0.3) is 0 Å². The number of hydrogen-bond acceptors (Lipinski definition) is 2. The van der Waals surface area contributed by atoms with E-state index in [0.717, 1.165) is 30.0 Å². The minimum atomic E-state index is -0.280. The van der Waals surface area contributed by atoms with Gasteiger partial charge in [0, 0.05) is 19.6 Å². The molecule has 0 radical (unpaired) electrons. The zero-order chi connectivity index (χ0) is 16.1. The minimum Gasteiger partial charge on any atom is -0.370 e. The highest BCUT2D eigenvalue weighted by Gasteiger charge is 2.16. The summed E-state index contributed by atoms with van der Waals surface area (Å²) in [7, 11) is 0. The maximum Gasteiger partial charge on any atom is 0.319 e. The smallest absolute Gasteiger partial charge is 0.319 e. The molecule has 0 unspecified atom stereocenters. The van der Waals surface area contributed by atoms with Gasteiger partial charge >= 0.3 is 6.03 Å². The highest BCUT2D eigenvalue weighted by atomic mass is 19.1.